The molecular formula is C17H17N3O. The predicted octanol–water partition coefficient (Wildman–Crippen LogP) is 2.21. The molecule has 1 amide bonds. The van der Waals surface area contributed by atoms with Gasteiger partial charge in [-0.15, -0.1) is 0 Å². The van der Waals surface area contributed by atoms with Crippen molar-refractivity contribution in [3.8, 4) is 6.07 Å². The standard InChI is InChI=1S/C17H17N3O/c1-19-17(21)16-7-5-13(6-8-16)11-20-12-15-4-2-3-14(9-15)10-18/h2-9,20H,11-12H2,1H3,(H,19,21). The monoisotopic (exact) mass is 279 g/mol. The van der Waals surface area contributed by atoms with Gasteiger partial charge in [0.15, 0.2) is 0 Å². The van der Waals surface area contributed by atoms with E-state index in [1.54, 1.807) is 13.1 Å². The Labute approximate surface area is 124 Å². The highest BCUT2D eigenvalue weighted by atomic mass is 16.1. The molecule has 0 saturated carbocycles. The van der Waals surface area contributed by atoms with E-state index in [0.29, 0.717) is 24.2 Å². The fourth-order valence-electron chi connectivity index (χ4n) is 2.02. The fourth-order valence-corrected chi connectivity index (χ4v) is 2.02. The Morgan fingerprint density at radius 3 is 2.48 bits per heavy atom. The van der Waals surface area contributed by atoms with E-state index in [9.17, 15) is 4.79 Å². The van der Waals surface area contributed by atoms with Gasteiger partial charge in [0.2, 0.25) is 0 Å². The molecule has 0 atom stereocenters. The zero-order valence-corrected chi connectivity index (χ0v) is 11.9. The molecule has 2 aromatic carbocycles. The van der Waals surface area contributed by atoms with Crippen LogP contribution in [0.2, 0.25) is 0 Å². The number of nitrogens with one attached hydrogen (secondary N) is 2. The Morgan fingerprint density at radius 2 is 1.81 bits per heavy atom. The summed E-state index contributed by atoms with van der Waals surface area (Å²) in [6.45, 7) is 1.41. The number of carbonyl (C=O) groups excluding carboxylic acids is 1. The van der Waals surface area contributed by atoms with Crippen LogP contribution in [0.3, 0.4) is 0 Å². The third kappa shape index (κ3) is 4.16. The van der Waals surface area contributed by atoms with Gasteiger partial charge in [-0.2, -0.15) is 5.26 Å². The third-order valence-corrected chi connectivity index (χ3v) is 3.16. The maximum absolute atomic E-state index is 11.4. The molecular weight excluding hydrogens is 262 g/mol. The first-order chi connectivity index (χ1) is 10.2. The molecule has 0 fully saturated rings. The van der Waals surface area contributed by atoms with E-state index < -0.39 is 0 Å². The molecule has 4 nitrogen and oxygen atoms in total. The molecule has 0 unspecified atom stereocenters. The molecule has 0 bridgehead atoms. The van der Waals surface area contributed by atoms with E-state index in [2.05, 4.69) is 16.7 Å². The normalized spacial score (nSPS) is 9.90. The van der Waals surface area contributed by atoms with Crippen LogP contribution in [0.5, 0.6) is 0 Å². The van der Waals surface area contributed by atoms with Gasteiger partial charge in [-0.3, -0.25) is 4.79 Å². The average molecular weight is 279 g/mol. The van der Waals surface area contributed by atoms with Crippen molar-refractivity contribution in [3.05, 3.63) is 70.8 Å². The molecule has 106 valence electrons. The molecule has 0 aliphatic carbocycles. The third-order valence-electron chi connectivity index (χ3n) is 3.16. The first-order valence-electron chi connectivity index (χ1n) is 6.73. The Kier molecular flexibility index (Phi) is 5.08. The first kappa shape index (κ1) is 14.8. The highest BCUT2D eigenvalue weighted by molar-refractivity contribution is 5.93. The number of amides is 1. The van der Waals surface area contributed by atoms with Crippen LogP contribution in [0.25, 0.3) is 0 Å². The average Bonchev–Trinajstić information content (AvgIpc) is 2.55. The molecule has 0 aliphatic heterocycles. The number of nitrogens with zero attached hydrogens (tertiary/aromatic N) is 1. The molecule has 0 radical (unpaired) electrons. The van der Waals surface area contributed by atoms with Gasteiger partial charge in [0, 0.05) is 25.7 Å². The number of hydrogen-bond acceptors (Lipinski definition) is 3. The van der Waals surface area contributed by atoms with Crippen LogP contribution in [0, 0.1) is 11.3 Å². The predicted molar refractivity (Wildman–Crippen MR) is 81.5 cm³/mol. The van der Waals surface area contributed by atoms with Crippen molar-refractivity contribution in [2.75, 3.05) is 7.05 Å². The summed E-state index contributed by atoms with van der Waals surface area (Å²) in [7, 11) is 1.62. The lowest BCUT2D eigenvalue weighted by Gasteiger charge is -2.06. The highest BCUT2D eigenvalue weighted by Gasteiger charge is 2.02. The van der Waals surface area contributed by atoms with E-state index in [0.717, 1.165) is 11.1 Å². The quantitative estimate of drug-likeness (QED) is 0.882. The molecule has 4 heteroatoms. The Morgan fingerprint density at radius 1 is 1.10 bits per heavy atom. The number of nitriles is 1. The highest BCUT2D eigenvalue weighted by Crippen LogP contribution is 2.06. The Hall–Kier alpha value is -2.64. The van der Waals surface area contributed by atoms with Crippen molar-refractivity contribution < 1.29 is 4.79 Å². The number of carbonyl (C=O) groups is 1. The Balaban J connectivity index is 1.88. The van der Waals surface area contributed by atoms with Crippen LogP contribution in [0.4, 0.5) is 0 Å². The molecule has 0 aromatic heterocycles. The SMILES string of the molecule is CNC(=O)c1ccc(CNCc2cccc(C#N)c2)cc1. The minimum Gasteiger partial charge on any atom is -0.355 e. The summed E-state index contributed by atoms with van der Waals surface area (Å²) >= 11 is 0. The van der Waals surface area contributed by atoms with Crippen molar-refractivity contribution in [2.45, 2.75) is 13.1 Å². The van der Waals surface area contributed by atoms with Crippen LogP contribution in [0.15, 0.2) is 48.5 Å². The van der Waals surface area contributed by atoms with E-state index >= 15 is 0 Å². The first-order valence-corrected chi connectivity index (χ1v) is 6.73. The molecule has 2 rings (SSSR count). The number of hydrogen-bond donors (Lipinski definition) is 2. The summed E-state index contributed by atoms with van der Waals surface area (Å²) in [5.74, 6) is -0.0807. The lowest BCUT2D eigenvalue weighted by atomic mass is 10.1. The smallest absolute Gasteiger partial charge is 0.251 e. The molecule has 0 spiro atoms. The van der Waals surface area contributed by atoms with Crippen LogP contribution in [-0.4, -0.2) is 13.0 Å². The molecule has 2 aromatic rings. The topological polar surface area (TPSA) is 64.9 Å². The maximum atomic E-state index is 11.4. The fraction of sp³-hybridized carbons (Fsp3) is 0.176. The largest absolute Gasteiger partial charge is 0.355 e. The van der Waals surface area contributed by atoms with Gasteiger partial charge in [-0.05, 0) is 35.4 Å². The minimum atomic E-state index is -0.0807. The van der Waals surface area contributed by atoms with Gasteiger partial charge in [0.05, 0.1) is 11.6 Å². The zero-order chi connectivity index (χ0) is 15.1. The van der Waals surface area contributed by atoms with Gasteiger partial charge in [0.25, 0.3) is 5.91 Å². The van der Waals surface area contributed by atoms with E-state index in [1.165, 1.54) is 0 Å². The van der Waals surface area contributed by atoms with E-state index in [1.807, 2.05) is 42.5 Å². The molecule has 21 heavy (non-hydrogen) atoms. The van der Waals surface area contributed by atoms with Crippen LogP contribution >= 0.6 is 0 Å². The van der Waals surface area contributed by atoms with Gasteiger partial charge in [-0.1, -0.05) is 24.3 Å². The summed E-state index contributed by atoms with van der Waals surface area (Å²) in [5, 5.41) is 14.8. The van der Waals surface area contributed by atoms with Crippen molar-refractivity contribution in [3.63, 3.8) is 0 Å². The number of rotatable bonds is 5. The van der Waals surface area contributed by atoms with Crippen molar-refractivity contribution in [1.82, 2.24) is 10.6 Å². The van der Waals surface area contributed by atoms with Crippen LogP contribution in [0.1, 0.15) is 27.0 Å². The zero-order valence-electron chi connectivity index (χ0n) is 11.9. The summed E-state index contributed by atoms with van der Waals surface area (Å²) < 4.78 is 0. The summed E-state index contributed by atoms with van der Waals surface area (Å²) in [4.78, 5) is 11.4. The van der Waals surface area contributed by atoms with Crippen LogP contribution in [-0.2, 0) is 13.1 Å². The maximum Gasteiger partial charge on any atom is 0.251 e. The van der Waals surface area contributed by atoms with Gasteiger partial charge < -0.3 is 10.6 Å². The lowest BCUT2D eigenvalue weighted by Crippen LogP contribution is -2.18. The van der Waals surface area contributed by atoms with Crippen molar-refractivity contribution >= 4 is 5.91 Å². The molecule has 0 aliphatic rings. The van der Waals surface area contributed by atoms with Crippen molar-refractivity contribution in [2.24, 2.45) is 0 Å². The second kappa shape index (κ2) is 7.22. The minimum absolute atomic E-state index is 0.0807. The van der Waals surface area contributed by atoms with Gasteiger partial charge in [0.1, 0.15) is 0 Å². The van der Waals surface area contributed by atoms with Gasteiger partial charge >= 0.3 is 0 Å². The lowest BCUT2D eigenvalue weighted by molar-refractivity contribution is 0.0963. The van der Waals surface area contributed by atoms with E-state index in [-0.39, 0.29) is 5.91 Å². The number of benzene rings is 2. The second-order valence-corrected chi connectivity index (χ2v) is 4.69. The molecule has 0 saturated heterocycles. The van der Waals surface area contributed by atoms with Gasteiger partial charge in [-0.25, -0.2) is 0 Å². The molecule has 2 N–H and O–H groups in total. The Bertz CT molecular complexity index is 656. The van der Waals surface area contributed by atoms with Crippen molar-refractivity contribution in [1.29, 1.82) is 5.26 Å². The second-order valence-electron chi connectivity index (χ2n) is 4.69. The summed E-state index contributed by atoms with van der Waals surface area (Å²) in [6, 6.07) is 17.2. The van der Waals surface area contributed by atoms with E-state index in [4.69, 9.17) is 5.26 Å². The summed E-state index contributed by atoms with van der Waals surface area (Å²) in [6.07, 6.45) is 0. The summed E-state index contributed by atoms with van der Waals surface area (Å²) in [5.41, 5.74) is 3.52. The van der Waals surface area contributed by atoms with Crippen LogP contribution < -0.4 is 10.6 Å². The molecule has 0 heterocycles.